The molecule has 0 saturated carbocycles. The summed E-state index contributed by atoms with van der Waals surface area (Å²) in [6.07, 6.45) is 1.28. The molecule has 0 radical (unpaired) electrons. The van der Waals surface area contributed by atoms with Crippen LogP contribution in [0.2, 0.25) is 0 Å². The highest BCUT2D eigenvalue weighted by molar-refractivity contribution is 7.99. The lowest BCUT2D eigenvalue weighted by atomic mass is 10.6. The van der Waals surface area contributed by atoms with Crippen LogP contribution in [0.25, 0.3) is 0 Å². The van der Waals surface area contributed by atoms with Crippen molar-refractivity contribution in [1.82, 2.24) is 0 Å². The second kappa shape index (κ2) is 5.22. The number of rotatable bonds is 3. The van der Waals surface area contributed by atoms with Gasteiger partial charge in [0.05, 0.1) is 6.92 Å². The maximum Gasteiger partial charge on any atom is 0.130 e. The predicted molar refractivity (Wildman–Crippen MR) is 33.0 cm³/mol. The fourth-order valence-corrected chi connectivity index (χ4v) is 0.739. The topological polar surface area (TPSA) is 0 Å². The third-order valence-electron chi connectivity index (χ3n) is 0.493. The summed E-state index contributed by atoms with van der Waals surface area (Å²) in [5.41, 5.74) is 0. The van der Waals surface area contributed by atoms with Crippen LogP contribution in [0.3, 0.4) is 0 Å². The smallest absolute Gasteiger partial charge is 0.114 e. The van der Waals surface area contributed by atoms with E-state index in [2.05, 4.69) is 13.8 Å². The van der Waals surface area contributed by atoms with E-state index in [1.54, 1.807) is 0 Å². The van der Waals surface area contributed by atoms with Gasteiger partial charge in [-0.15, -0.1) is 11.8 Å². The van der Waals surface area contributed by atoms with E-state index in [-0.39, 0.29) is 0 Å². The first-order chi connectivity index (χ1) is 2.91. The Bertz CT molecular complexity index is 15.9. The molecule has 0 saturated heterocycles. The van der Waals surface area contributed by atoms with Gasteiger partial charge >= 0.3 is 0 Å². The van der Waals surface area contributed by atoms with Crippen LogP contribution in [0.1, 0.15) is 13.3 Å². The highest BCUT2D eigenvalue weighted by Gasteiger charge is 1.79. The Labute approximate surface area is 44.3 Å². The van der Waals surface area contributed by atoms with Crippen molar-refractivity contribution in [2.24, 2.45) is 0 Å². The molecular weight excluding hydrogens is 92.1 g/mol. The van der Waals surface area contributed by atoms with Gasteiger partial charge < -0.3 is 0 Å². The summed E-state index contributed by atoms with van der Waals surface area (Å²) in [5, 5.41) is 0. The first kappa shape index (κ1) is 6.22. The molecule has 0 aliphatic rings. The Kier molecular flexibility index (Phi) is 5.41. The molecule has 1 heteroatoms. The van der Waals surface area contributed by atoms with E-state index in [0.29, 0.717) is 0 Å². The second-order valence-electron chi connectivity index (χ2n) is 1.11. The van der Waals surface area contributed by atoms with E-state index in [1.807, 2.05) is 11.8 Å². The highest BCUT2D eigenvalue weighted by atomic mass is 32.2. The molecule has 0 aromatic rings. The normalized spacial score (nSPS) is 8.83. The van der Waals surface area contributed by atoms with Crippen LogP contribution >= 0.6 is 11.8 Å². The van der Waals surface area contributed by atoms with Gasteiger partial charge in [0.15, 0.2) is 0 Å². The lowest BCUT2D eigenvalue weighted by molar-refractivity contribution is 1.11. The summed E-state index contributed by atoms with van der Waals surface area (Å²) in [4.78, 5) is 0. The molecule has 0 bridgehead atoms. The monoisotopic (exact) mass is 103 g/mol. The van der Waals surface area contributed by atoms with Crippen molar-refractivity contribution in [3.05, 3.63) is 6.92 Å². The van der Waals surface area contributed by atoms with E-state index in [4.69, 9.17) is 0 Å². The maximum atomic E-state index is 3.69. The van der Waals surface area contributed by atoms with Crippen molar-refractivity contribution in [3.8, 4) is 0 Å². The fraction of sp³-hybridized carbons (Fsp3) is 0.800. The predicted octanol–water partition coefficient (Wildman–Crippen LogP) is 1.96. The van der Waals surface area contributed by atoms with Crippen molar-refractivity contribution in [2.45, 2.75) is 13.3 Å². The van der Waals surface area contributed by atoms with Crippen LogP contribution in [0.15, 0.2) is 0 Å². The summed E-state index contributed by atoms with van der Waals surface area (Å²) in [6, 6.07) is 0. The zero-order chi connectivity index (χ0) is 4.83. The van der Waals surface area contributed by atoms with Crippen molar-refractivity contribution < 1.29 is 0 Å². The van der Waals surface area contributed by atoms with Crippen molar-refractivity contribution in [2.75, 3.05) is 11.5 Å². The van der Waals surface area contributed by atoms with Gasteiger partial charge in [0, 0.05) is 0 Å². The Hall–Kier alpha value is 0.220. The van der Waals surface area contributed by atoms with Gasteiger partial charge in [-0.1, -0.05) is 6.92 Å². The van der Waals surface area contributed by atoms with Gasteiger partial charge in [-0.25, -0.2) is 0 Å². The lowest BCUT2D eigenvalue weighted by Crippen LogP contribution is -1.72. The van der Waals surface area contributed by atoms with Gasteiger partial charge in [0.2, 0.25) is 0 Å². The van der Waals surface area contributed by atoms with Crippen molar-refractivity contribution in [1.29, 1.82) is 0 Å². The van der Waals surface area contributed by atoms with Gasteiger partial charge in [0.25, 0.3) is 0 Å². The van der Waals surface area contributed by atoms with Crippen molar-refractivity contribution >= 4 is 11.8 Å². The fourth-order valence-electron chi connectivity index (χ4n) is 0.246. The highest BCUT2D eigenvalue weighted by Crippen LogP contribution is 1.97. The molecule has 6 heavy (non-hydrogen) atoms. The zero-order valence-corrected chi connectivity index (χ0v) is 5.05. The Balaban J connectivity index is 2.34. The summed E-state index contributed by atoms with van der Waals surface area (Å²) in [7, 11) is 0. The lowest BCUT2D eigenvalue weighted by Gasteiger charge is -1.82. The maximum absolute atomic E-state index is 3.69. The van der Waals surface area contributed by atoms with Crippen LogP contribution in [0.4, 0.5) is 0 Å². The molecule has 0 aromatic heterocycles. The van der Waals surface area contributed by atoms with E-state index in [0.717, 1.165) is 5.75 Å². The molecule has 0 aliphatic carbocycles. The SMILES string of the molecule is [CH2+]CSCCC. The summed E-state index contributed by atoms with van der Waals surface area (Å²) >= 11 is 1.90. The Morgan fingerprint density at radius 3 is 2.50 bits per heavy atom. The number of hydrogen-bond acceptors (Lipinski definition) is 1. The standard InChI is InChI=1S/C5H11S/c1-3-5-6-4-2/h2-5H2,1H3/q+1. The average molecular weight is 103 g/mol. The Morgan fingerprint density at radius 1 is 1.67 bits per heavy atom. The summed E-state index contributed by atoms with van der Waals surface area (Å²) in [5.74, 6) is 2.29. The number of thioether (sulfide) groups is 1. The van der Waals surface area contributed by atoms with Gasteiger partial charge in [-0.05, 0) is 12.2 Å². The van der Waals surface area contributed by atoms with Crippen LogP contribution < -0.4 is 0 Å². The first-order valence-corrected chi connectivity index (χ1v) is 3.44. The second-order valence-corrected chi connectivity index (χ2v) is 2.34. The molecule has 0 amide bonds. The van der Waals surface area contributed by atoms with Gasteiger partial charge in [0.1, 0.15) is 5.75 Å². The minimum absolute atomic E-state index is 1.02. The average Bonchev–Trinajstić information content (AvgIpc) is 1.61. The largest absolute Gasteiger partial charge is 0.130 e. The third-order valence-corrected chi connectivity index (χ3v) is 1.48. The molecule has 36 valence electrons. The van der Waals surface area contributed by atoms with E-state index >= 15 is 0 Å². The van der Waals surface area contributed by atoms with Crippen LogP contribution in [0.5, 0.6) is 0 Å². The van der Waals surface area contributed by atoms with Crippen molar-refractivity contribution in [3.63, 3.8) is 0 Å². The molecular formula is C5H11S+. The van der Waals surface area contributed by atoms with Gasteiger partial charge in [-0.3, -0.25) is 0 Å². The van der Waals surface area contributed by atoms with Crippen LogP contribution in [0, 0.1) is 6.92 Å². The van der Waals surface area contributed by atoms with Crippen LogP contribution in [-0.4, -0.2) is 11.5 Å². The molecule has 0 N–H and O–H groups in total. The number of hydrogen-bond donors (Lipinski definition) is 0. The molecule has 0 rings (SSSR count). The molecule has 0 heterocycles. The molecule has 0 aliphatic heterocycles. The zero-order valence-electron chi connectivity index (χ0n) is 4.24. The van der Waals surface area contributed by atoms with E-state index in [1.165, 1.54) is 12.2 Å². The molecule has 0 aromatic carbocycles. The quantitative estimate of drug-likeness (QED) is 0.388. The van der Waals surface area contributed by atoms with E-state index < -0.39 is 0 Å². The van der Waals surface area contributed by atoms with E-state index in [9.17, 15) is 0 Å². The molecule has 0 atom stereocenters. The molecule has 0 unspecified atom stereocenters. The molecule has 0 nitrogen and oxygen atoms in total. The molecule has 0 fully saturated rings. The summed E-state index contributed by atoms with van der Waals surface area (Å²) < 4.78 is 0. The third kappa shape index (κ3) is 4.22. The summed E-state index contributed by atoms with van der Waals surface area (Å²) in [6.45, 7) is 5.87. The van der Waals surface area contributed by atoms with Crippen LogP contribution in [-0.2, 0) is 0 Å². The minimum atomic E-state index is 1.02. The Morgan fingerprint density at radius 2 is 2.33 bits per heavy atom. The first-order valence-electron chi connectivity index (χ1n) is 2.28. The minimum Gasteiger partial charge on any atom is -0.114 e. The van der Waals surface area contributed by atoms with Gasteiger partial charge in [-0.2, -0.15) is 0 Å². The molecule has 0 spiro atoms.